The maximum Gasteiger partial charge on any atom is 0.244 e. The van der Waals surface area contributed by atoms with E-state index in [1.54, 1.807) is 6.92 Å². The molecule has 1 saturated heterocycles. The van der Waals surface area contributed by atoms with Gasteiger partial charge >= 0.3 is 0 Å². The summed E-state index contributed by atoms with van der Waals surface area (Å²) in [6.07, 6.45) is 0. The smallest absolute Gasteiger partial charge is 0.244 e. The molecule has 1 unspecified atom stereocenters. The van der Waals surface area contributed by atoms with Gasteiger partial charge in [-0.25, -0.2) is 25.9 Å². The molecule has 0 aliphatic carbocycles. The molecule has 1 atom stereocenters. The summed E-state index contributed by atoms with van der Waals surface area (Å²) in [4.78, 5) is 12.9. The van der Waals surface area contributed by atoms with E-state index in [9.17, 15) is 21.6 Å². The lowest BCUT2D eigenvalue weighted by Gasteiger charge is -2.15. The molecule has 25 heavy (non-hydrogen) atoms. The van der Waals surface area contributed by atoms with Crippen LogP contribution < -0.4 is 9.03 Å². The van der Waals surface area contributed by atoms with Crippen LogP contribution in [0, 0.1) is 5.92 Å². The topological polar surface area (TPSA) is 101 Å². The van der Waals surface area contributed by atoms with Crippen molar-refractivity contribution >= 4 is 43.0 Å². The normalized spacial score (nSPS) is 20.1. The Bertz CT molecular complexity index is 980. The molecule has 0 spiro atoms. The summed E-state index contributed by atoms with van der Waals surface area (Å²) >= 11 is 1.44. The van der Waals surface area contributed by atoms with Gasteiger partial charge in [-0.2, -0.15) is 0 Å². The van der Waals surface area contributed by atoms with Crippen LogP contribution in [-0.2, 0) is 31.4 Å². The van der Waals surface area contributed by atoms with Crippen molar-refractivity contribution in [1.29, 1.82) is 0 Å². The lowest BCUT2D eigenvalue weighted by molar-refractivity contribution is -0.119. The molecule has 0 saturated carbocycles. The fourth-order valence-electron chi connectivity index (χ4n) is 2.51. The summed E-state index contributed by atoms with van der Waals surface area (Å²) in [6.45, 7) is 1.73. The fourth-order valence-corrected chi connectivity index (χ4v) is 6.07. The van der Waals surface area contributed by atoms with E-state index < -0.39 is 31.9 Å². The third kappa shape index (κ3) is 3.61. The van der Waals surface area contributed by atoms with Gasteiger partial charge in [0.2, 0.25) is 26.0 Å². The van der Waals surface area contributed by atoms with Gasteiger partial charge < -0.3 is 0 Å². The Labute approximate surface area is 150 Å². The van der Waals surface area contributed by atoms with Crippen molar-refractivity contribution in [1.82, 2.24) is 4.72 Å². The Morgan fingerprint density at radius 2 is 1.92 bits per heavy atom. The third-order valence-corrected chi connectivity index (χ3v) is 7.92. The molecule has 134 valence electrons. The van der Waals surface area contributed by atoms with E-state index in [-0.39, 0.29) is 22.9 Å². The number of anilines is 1. The summed E-state index contributed by atoms with van der Waals surface area (Å²) in [7, 11) is -7.43. The molecule has 1 fully saturated rings. The first kappa shape index (κ1) is 18.1. The molecule has 1 amide bonds. The quantitative estimate of drug-likeness (QED) is 0.820. The molecule has 1 aromatic carbocycles. The monoisotopic (exact) mass is 400 g/mol. The minimum Gasteiger partial charge on any atom is -0.273 e. The Morgan fingerprint density at radius 3 is 2.44 bits per heavy atom. The molecule has 10 heteroatoms. The number of sulfonamides is 2. The van der Waals surface area contributed by atoms with Gasteiger partial charge in [0.25, 0.3) is 0 Å². The Hall–Kier alpha value is -1.75. The van der Waals surface area contributed by atoms with Gasteiger partial charge in [0.15, 0.2) is 0 Å². The van der Waals surface area contributed by atoms with E-state index in [1.165, 1.54) is 35.6 Å². The number of carbonyl (C=O) groups excluding carboxylic acids is 1. The molecule has 1 aliphatic rings. The first-order valence-electron chi connectivity index (χ1n) is 7.40. The van der Waals surface area contributed by atoms with Crippen LogP contribution in [-0.4, -0.2) is 28.5 Å². The van der Waals surface area contributed by atoms with Crippen molar-refractivity contribution in [2.75, 3.05) is 10.1 Å². The number of benzene rings is 1. The molecule has 1 aliphatic heterocycles. The Morgan fingerprint density at radius 1 is 1.24 bits per heavy atom. The third-order valence-electron chi connectivity index (χ3n) is 3.76. The Balaban J connectivity index is 1.81. The van der Waals surface area contributed by atoms with Crippen LogP contribution in [0.5, 0.6) is 0 Å². The highest BCUT2D eigenvalue weighted by molar-refractivity contribution is 7.94. The fraction of sp³-hybridized carbons (Fsp3) is 0.267. The van der Waals surface area contributed by atoms with Crippen molar-refractivity contribution < 1.29 is 21.6 Å². The minimum absolute atomic E-state index is 0.00454. The Kier molecular flexibility index (Phi) is 4.71. The average Bonchev–Trinajstić information content (AvgIpc) is 3.12. The van der Waals surface area contributed by atoms with Gasteiger partial charge in [-0.3, -0.25) is 4.79 Å². The maximum atomic E-state index is 12.3. The molecule has 0 radical (unpaired) electrons. The summed E-state index contributed by atoms with van der Waals surface area (Å²) < 4.78 is 52.0. The molecule has 1 N–H and O–H groups in total. The van der Waals surface area contributed by atoms with Crippen molar-refractivity contribution in [3.63, 3.8) is 0 Å². The zero-order valence-electron chi connectivity index (χ0n) is 13.2. The average molecular weight is 401 g/mol. The van der Waals surface area contributed by atoms with Crippen LogP contribution in [0.4, 0.5) is 5.69 Å². The van der Waals surface area contributed by atoms with Gasteiger partial charge in [-0.05, 0) is 35.7 Å². The number of hydrogen-bond donors (Lipinski definition) is 1. The van der Waals surface area contributed by atoms with Crippen LogP contribution in [0.3, 0.4) is 0 Å². The zero-order valence-corrected chi connectivity index (χ0v) is 15.7. The molecule has 0 bridgehead atoms. The van der Waals surface area contributed by atoms with Gasteiger partial charge in [0.05, 0.1) is 22.3 Å². The largest absolute Gasteiger partial charge is 0.273 e. The zero-order chi connectivity index (χ0) is 18.2. The van der Waals surface area contributed by atoms with Gasteiger partial charge in [0.1, 0.15) is 0 Å². The summed E-state index contributed by atoms with van der Waals surface area (Å²) in [6, 6.07) is 8.88. The van der Waals surface area contributed by atoms with Crippen LogP contribution in [0.25, 0.3) is 0 Å². The summed E-state index contributed by atoms with van der Waals surface area (Å²) in [5, 5.41) is 1.85. The standard InChI is InChI=1S/C15H16N2O5S3/c1-11-10-24(19,20)17(15(11)18)12-4-6-14(7-5-12)25(21,22)16-9-13-3-2-8-23-13/h2-8,11,16H,9-10H2,1H3. The number of thiophene rings is 1. The number of carbonyl (C=O) groups is 1. The number of hydrogen-bond acceptors (Lipinski definition) is 6. The molecule has 7 nitrogen and oxygen atoms in total. The number of amides is 1. The van der Waals surface area contributed by atoms with E-state index >= 15 is 0 Å². The van der Waals surface area contributed by atoms with Crippen LogP contribution in [0.15, 0.2) is 46.7 Å². The lowest BCUT2D eigenvalue weighted by atomic mass is 10.2. The van der Waals surface area contributed by atoms with Crippen molar-refractivity contribution in [3.05, 3.63) is 46.7 Å². The molecule has 2 heterocycles. The molecule has 2 aromatic rings. The highest BCUT2D eigenvalue weighted by Gasteiger charge is 2.41. The highest BCUT2D eigenvalue weighted by Crippen LogP contribution is 2.29. The van der Waals surface area contributed by atoms with Crippen molar-refractivity contribution in [3.8, 4) is 0 Å². The number of nitrogens with one attached hydrogen (secondary N) is 1. The minimum atomic E-state index is -3.73. The molecular formula is C15H16N2O5S3. The molecular weight excluding hydrogens is 384 g/mol. The van der Waals surface area contributed by atoms with E-state index in [0.29, 0.717) is 0 Å². The number of nitrogens with zero attached hydrogens (tertiary/aromatic N) is 1. The molecule has 1 aromatic heterocycles. The van der Waals surface area contributed by atoms with Gasteiger partial charge in [0, 0.05) is 11.4 Å². The van der Waals surface area contributed by atoms with Gasteiger partial charge in [-0.1, -0.05) is 13.0 Å². The van der Waals surface area contributed by atoms with E-state index in [1.807, 2.05) is 17.5 Å². The highest BCUT2D eigenvalue weighted by atomic mass is 32.2. The van der Waals surface area contributed by atoms with Crippen LogP contribution in [0.2, 0.25) is 0 Å². The van der Waals surface area contributed by atoms with Gasteiger partial charge in [-0.15, -0.1) is 11.3 Å². The first-order valence-corrected chi connectivity index (χ1v) is 11.4. The molecule has 3 rings (SSSR count). The van der Waals surface area contributed by atoms with Crippen LogP contribution >= 0.6 is 11.3 Å². The van der Waals surface area contributed by atoms with E-state index in [4.69, 9.17) is 0 Å². The predicted octanol–water partition coefficient (Wildman–Crippen LogP) is 1.54. The second kappa shape index (κ2) is 6.52. The summed E-state index contributed by atoms with van der Waals surface area (Å²) in [5.41, 5.74) is 0.145. The van der Waals surface area contributed by atoms with E-state index in [2.05, 4.69) is 4.72 Å². The lowest BCUT2D eigenvalue weighted by Crippen LogP contribution is -2.30. The van der Waals surface area contributed by atoms with Crippen molar-refractivity contribution in [2.45, 2.75) is 18.4 Å². The number of rotatable bonds is 5. The van der Waals surface area contributed by atoms with Crippen molar-refractivity contribution in [2.24, 2.45) is 5.92 Å². The van der Waals surface area contributed by atoms with Crippen LogP contribution in [0.1, 0.15) is 11.8 Å². The summed E-state index contributed by atoms with van der Waals surface area (Å²) in [5.74, 6) is -1.36. The first-order chi connectivity index (χ1) is 11.7. The predicted molar refractivity (Wildman–Crippen MR) is 95.2 cm³/mol. The second-order valence-electron chi connectivity index (χ2n) is 5.68. The SMILES string of the molecule is CC1CS(=O)(=O)N(c2ccc(S(=O)(=O)NCc3cccs3)cc2)C1=O. The van der Waals surface area contributed by atoms with E-state index in [0.717, 1.165) is 9.18 Å². The maximum absolute atomic E-state index is 12.3. The second-order valence-corrected chi connectivity index (χ2v) is 10.3.